The van der Waals surface area contributed by atoms with Gasteiger partial charge in [-0.05, 0) is 12.5 Å². The van der Waals surface area contributed by atoms with Gasteiger partial charge < -0.3 is 10.1 Å². The minimum absolute atomic E-state index is 0.341. The highest BCUT2D eigenvalue weighted by atomic mass is 16.6. The molecule has 0 saturated carbocycles. The summed E-state index contributed by atoms with van der Waals surface area (Å²) in [5.74, 6) is 0. The quantitative estimate of drug-likeness (QED) is 0.708. The van der Waals surface area contributed by atoms with E-state index in [4.69, 9.17) is 4.74 Å². The zero-order valence-corrected chi connectivity index (χ0v) is 7.41. The number of nitrogens with one attached hydrogen (secondary N) is 1. The van der Waals surface area contributed by atoms with Crippen LogP contribution in [0.15, 0.2) is 30.3 Å². The van der Waals surface area contributed by atoms with Crippen LogP contribution in [0.2, 0.25) is 0 Å². The molecule has 2 rings (SSSR count). The molecule has 68 valence electrons. The van der Waals surface area contributed by atoms with E-state index in [1.165, 1.54) is 0 Å². The molecule has 1 aliphatic heterocycles. The molecule has 0 radical (unpaired) electrons. The largest absolute Gasteiger partial charge is 0.436 e. The normalized spacial score (nSPS) is 26.7. The molecule has 1 N–H and O–H groups in total. The Morgan fingerprint density at radius 1 is 1.38 bits per heavy atom. The number of rotatable bonds is 1. The van der Waals surface area contributed by atoms with Gasteiger partial charge >= 0.3 is 6.09 Å². The Kier molecular flexibility index (Phi) is 1.72. The monoisotopic (exact) mass is 177 g/mol. The molecule has 1 fully saturated rings. The summed E-state index contributed by atoms with van der Waals surface area (Å²) in [6.45, 7) is 2.44. The molecule has 0 aliphatic carbocycles. The van der Waals surface area contributed by atoms with Gasteiger partial charge in [0.15, 0.2) is 5.60 Å². The molecule has 1 saturated heterocycles. The first-order valence-electron chi connectivity index (χ1n) is 4.23. The minimum Gasteiger partial charge on any atom is -0.436 e. The Morgan fingerprint density at radius 2 is 2.08 bits per heavy atom. The molecule has 1 aliphatic rings. The molecule has 0 spiro atoms. The van der Waals surface area contributed by atoms with Crippen molar-refractivity contribution in [1.29, 1.82) is 0 Å². The number of carbonyl (C=O) groups excluding carboxylic acids is 1. The molecule has 1 aromatic rings. The van der Waals surface area contributed by atoms with Crippen molar-refractivity contribution in [3.63, 3.8) is 0 Å². The lowest BCUT2D eigenvalue weighted by molar-refractivity contribution is 0.0704. The van der Waals surface area contributed by atoms with Crippen LogP contribution in [0, 0.1) is 0 Å². The summed E-state index contributed by atoms with van der Waals surface area (Å²) in [7, 11) is 0. The van der Waals surface area contributed by atoms with Crippen LogP contribution in [0.4, 0.5) is 4.79 Å². The van der Waals surface area contributed by atoms with Crippen molar-refractivity contribution in [3.05, 3.63) is 35.9 Å². The van der Waals surface area contributed by atoms with Crippen molar-refractivity contribution in [2.24, 2.45) is 0 Å². The number of alkyl carbamates (subject to hydrolysis) is 1. The van der Waals surface area contributed by atoms with Gasteiger partial charge in [0.05, 0.1) is 6.54 Å². The summed E-state index contributed by atoms with van der Waals surface area (Å²) in [4.78, 5) is 10.9. The van der Waals surface area contributed by atoms with Crippen LogP contribution in [0.5, 0.6) is 0 Å². The smallest absolute Gasteiger partial charge is 0.408 e. The first-order valence-corrected chi connectivity index (χ1v) is 4.23. The second-order valence-electron chi connectivity index (χ2n) is 3.34. The van der Waals surface area contributed by atoms with E-state index in [0.717, 1.165) is 5.56 Å². The van der Waals surface area contributed by atoms with Gasteiger partial charge in [-0.2, -0.15) is 0 Å². The van der Waals surface area contributed by atoms with Gasteiger partial charge in [0.1, 0.15) is 0 Å². The topological polar surface area (TPSA) is 38.3 Å². The van der Waals surface area contributed by atoms with Gasteiger partial charge in [0, 0.05) is 0 Å². The Balaban J connectivity index is 2.31. The zero-order chi connectivity index (χ0) is 9.31. The van der Waals surface area contributed by atoms with E-state index < -0.39 is 5.60 Å². The van der Waals surface area contributed by atoms with Crippen molar-refractivity contribution < 1.29 is 9.53 Å². The van der Waals surface area contributed by atoms with Crippen molar-refractivity contribution >= 4 is 6.09 Å². The Bertz CT molecular complexity index is 323. The number of cyclic esters (lactones) is 1. The van der Waals surface area contributed by atoms with Crippen molar-refractivity contribution in [2.75, 3.05) is 6.54 Å². The maximum atomic E-state index is 10.9. The van der Waals surface area contributed by atoms with Gasteiger partial charge in [-0.25, -0.2) is 4.79 Å². The standard InChI is InChI=1S/C10H11NO2/c1-10(7-11-9(12)13-10)8-5-3-2-4-6-8/h2-6H,7H2,1H3,(H,11,12). The SMILES string of the molecule is CC1(c2ccccc2)CNC(=O)O1. The molecular weight excluding hydrogens is 166 g/mol. The number of ether oxygens (including phenoxy) is 1. The van der Waals surface area contributed by atoms with E-state index in [-0.39, 0.29) is 6.09 Å². The molecule has 3 heteroatoms. The van der Waals surface area contributed by atoms with E-state index in [1.807, 2.05) is 37.3 Å². The van der Waals surface area contributed by atoms with E-state index in [9.17, 15) is 4.79 Å². The number of hydrogen-bond donors (Lipinski definition) is 1. The third-order valence-corrected chi connectivity index (χ3v) is 2.27. The van der Waals surface area contributed by atoms with Gasteiger partial charge in [-0.15, -0.1) is 0 Å². The highest BCUT2D eigenvalue weighted by Gasteiger charge is 2.36. The zero-order valence-electron chi connectivity index (χ0n) is 7.41. The highest BCUT2D eigenvalue weighted by Crippen LogP contribution is 2.27. The molecule has 13 heavy (non-hydrogen) atoms. The van der Waals surface area contributed by atoms with Crippen LogP contribution in [0.25, 0.3) is 0 Å². The average Bonchev–Trinajstić information content (AvgIpc) is 2.49. The Morgan fingerprint density at radius 3 is 2.62 bits per heavy atom. The predicted octanol–water partition coefficient (Wildman–Crippen LogP) is 1.64. The summed E-state index contributed by atoms with van der Waals surface area (Å²) >= 11 is 0. The van der Waals surface area contributed by atoms with Gasteiger partial charge in [0.2, 0.25) is 0 Å². The molecule has 1 amide bonds. The van der Waals surface area contributed by atoms with Gasteiger partial charge in [0.25, 0.3) is 0 Å². The third-order valence-electron chi connectivity index (χ3n) is 2.27. The van der Waals surface area contributed by atoms with E-state index in [2.05, 4.69) is 5.32 Å². The molecule has 3 nitrogen and oxygen atoms in total. The fourth-order valence-corrected chi connectivity index (χ4v) is 1.47. The summed E-state index contributed by atoms with van der Waals surface area (Å²) in [6.07, 6.45) is -0.341. The van der Waals surface area contributed by atoms with Crippen molar-refractivity contribution in [3.8, 4) is 0 Å². The lowest BCUT2D eigenvalue weighted by atomic mass is 9.97. The van der Waals surface area contributed by atoms with E-state index in [0.29, 0.717) is 6.54 Å². The van der Waals surface area contributed by atoms with Crippen LogP contribution < -0.4 is 5.32 Å². The third kappa shape index (κ3) is 1.37. The number of amides is 1. The molecule has 1 unspecified atom stereocenters. The average molecular weight is 177 g/mol. The van der Waals surface area contributed by atoms with Crippen LogP contribution in [0.3, 0.4) is 0 Å². The van der Waals surface area contributed by atoms with E-state index >= 15 is 0 Å². The fourth-order valence-electron chi connectivity index (χ4n) is 1.47. The van der Waals surface area contributed by atoms with Gasteiger partial charge in [-0.3, -0.25) is 0 Å². The molecule has 1 heterocycles. The Hall–Kier alpha value is -1.51. The van der Waals surface area contributed by atoms with Crippen molar-refractivity contribution in [2.45, 2.75) is 12.5 Å². The van der Waals surface area contributed by atoms with Crippen LogP contribution >= 0.6 is 0 Å². The second kappa shape index (κ2) is 2.76. The summed E-state index contributed by atoms with van der Waals surface area (Å²) < 4.78 is 5.18. The van der Waals surface area contributed by atoms with Crippen LogP contribution in [-0.4, -0.2) is 12.6 Å². The number of benzene rings is 1. The highest BCUT2D eigenvalue weighted by molar-refractivity contribution is 5.70. The van der Waals surface area contributed by atoms with E-state index in [1.54, 1.807) is 0 Å². The number of hydrogen-bond acceptors (Lipinski definition) is 2. The fraction of sp³-hybridized carbons (Fsp3) is 0.300. The summed E-state index contributed by atoms with van der Waals surface area (Å²) in [5.41, 5.74) is 0.520. The maximum absolute atomic E-state index is 10.9. The molecule has 1 aromatic carbocycles. The lowest BCUT2D eigenvalue weighted by Crippen LogP contribution is -2.25. The lowest BCUT2D eigenvalue weighted by Gasteiger charge is -2.20. The first kappa shape index (κ1) is 8.10. The first-order chi connectivity index (χ1) is 6.21. The van der Waals surface area contributed by atoms with Crippen LogP contribution in [0.1, 0.15) is 12.5 Å². The van der Waals surface area contributed by atoms with Crippen LogP contribution in [-0.2, 0) is 10.3 Å². The molecule has 1 atom stereocenters. The minimum atomic E-state index is -0.502. The molecular formula is C10H11NO2. The summed E-state index contributed by atoms with van der Waals surface area (Å²) in [5, 5.41) is 2.65. The molecule has 0 bridgehead atoms. The number of carbonyl (C=O) groups is 1. The van der Waals surface area contributed by atoms with Crippen molar-refractivity contribution in [1.82, 2.24) is 5.32 Å². The summed E-state index contributed by atoms with van der Waals surface area (Å²) in [6, 6.07) is 9.73. The van der Waals surface area contributed by atoms with Gasteiger partial charge in [-0.1, -0.05) is 30.3 Å². The second-order valence-corrected chi connectivity index (χ2v) is 3.34. The molecule has 0 aromatic heterocycles. The Labute approximate surface area is 76.7 Å². The maximum Gasteiger partial charge on any atom is 0.408 e. The predicted molar refractivity (Wildman–Crippen MR) is 48.3 cm³/mol.